The molecule has 0 unspecified atom stereocenters. The minimum atomic E-state index is -0.300. The highest BCUT2D eigenvalue weighted by Crippen LogP contribution is 2.22. The standard InChI is InChI=1S/C27H27FN4O3/c1-34-25-8-3-2-6-21(25)17-32(16-20-9-11-22(28)12-10-20)18-26-31-24(19-35-26)27(33)30-15-13-23-7-4-5-14-29-23/h2-12,14,19H,13,15-18H2,1H3,(H,30,33). The maximum absolute atomic E-state index is 13.4. The van der Waals surface area contributed by atoms with Crippen LogP contribution in [-0.2, 0) is 26.1 Å². The van der Waals surface area contributed by atoms with Crippen molar-refractivity contribution >= 4 is 5.91 Å². The van der Waals surface area contributed by atoms with Crippen molar-refractivity contribution in [1.29, 1.82) is 0 Å². The Morgan fingerprint density at radius 3 is 2.60 bits per heavy atom. The summed E-state index contributed by atoms with van der Waals surface area (Å²) < 4.78 is 24.5. The first-order valence-electron chi connectivity index (χ1n) is 11.3. The molecule has 4 aromatic rings. The third kappa shape index (κ3) is 6.97. The van der Waals surface area contributed by atoms with Gasteiger partial charge in [-0.05, 0) is 35.9 Å². The summed E-state index contributed by atoms with van der Waals surface area (Å²) >= 11 is 0. The molecule has 0 radical (unpaired) electrons. The summed E-state index contributed by atoms with van der Waals surface area (Å²) in [6.45, 7) is 1.89. The van der Waals surface area contributed by atoms with Crippen molar-refractivity contribution in [3.8, 4) is 5.75 Å². The summed E-state index contributed by atoms with van der Waals surface area (Å²) in [5, 5.41) is 2.85. The van der Waals surface area contributed by atoms with Crippen LogP contribution < -0.4 is 10.1 Å². The summed E-state index contributed by atoms with van der Waals surface area (Å²) in [6, 6.07) is 19.8. The Hall–Kier alpha value is -4.04. The first-order valence-corrected chi connectivity index (χ1v) is 11.3. The molecule has 2 heterocycles. The second-order valence-electron chi connectivity index (χ2n) is 8.04. The van der Waals surface area contributed by atoms with Crippen LogP contribution in [0.2, 0.25) is 0 Å². The van der Waals surface area contributed by atoms with Gasteiger partial charge in [0.1, 0.15) is 17.8 Å². The van der Waals surface area contributed by atoms with Crippen LogP contribution in [0.15, 0.2) is 83.6 Å². The average Bonchev–Trinajstić information content (AvgIpc) is 3.35. The van der Waals surface area contributed by atoms with Gasteiger partial charge >= 0.3 is 0 Å². The monoisotopic (exact) mass is 474 g/mol. The van der Waals surface area contributed by atoms with Crippen molar-refractivity contribution in [3.05, 3.63) is 113 Å². The van der Waals surface area contributed by atoms with Gasteiger partial charge in [-0.1, -0.05) is 36.4 Å². The highest BCUT2D eigenvalue weighted by atomic mass is 19.1. The van der Waals surface area contributed by atoms with Crippen LogP contribution in [0.1, 0.15) is 33.2 Å². The number of pyridine rings is 1. The molecular formula is C27H27FN4O3. The van der Waals surface area contributed by atoms with Crippen molar-refractivity contribution in [2.75, 3.05) is 13.7 Å². The number of halogens is 1. The molecular weight excluding hydrogens is 447 g/mol. The van der Waals surface area contributed by atoms with Crippen LogP contribution >= 0.6 is 0 Å². The fourth-order valence-corrected chi connectivity index (χ4v) is 3.71. The van der Waals surface area contributed by atoms with E-state index in [0.29, 0.717) is 38.5 Å². The van der Waals surface area contributed by atoms with Crippen LogP contribution in [0.25, 0.3) is 0 Å². The van der Waals surface area contributed by atoms with E-state index in [1.165, 1.54) is 18.4 Å². The van der Waals surface area contributed by atoms with E-state index in [1.54, 1.807) is 25.4 Å². The van der Waals surface area contributed by atoms with Crippen LogP contribution in [0.4, 0.5) is 4.39 Å². The van der Waals surface area contributed by atoms with Crippen LogP contribution in [0.3, 0.4) is 0 Å². The van der Waals surface area contributed by atoms with Gasteiger partial charge in [0.05, 0.1) is 13.7 Å². The van der Waals surface area contributed by atoms with Crippen molar-refractivity contribution in [2.24, 2.45) is 0 Å². The number of ether oxygens (including phenoxy) is 1. The number of para-hydroxylation sites is 1. The highest BCUT2D eigenvalue weighted by Gasteiger charge is 2.17. The number of nitrogens with one attached hydrogen (secondary N) is 1. The Morgan fingerprint density at radius 2 is 1.83 bits per heavy atom. The van der Waals surface area contributed by atoms with Crippen molar-refractivity contribution in [3.63, 3.8) is 0 Å². The second-order valence-corrected chi connectivity index (χ2v) is 8.04. The molecule has 7 nitrogen and oxygen atoms in total. The Balaban J connectivity index is 1.42. The van der Waals surface area contributed by atoms with E-state index < -0.39 is 0 Å². The molecule has 4 rings (SSSR count). The van der Waals surface area contributed by atoms with Gasteiger partial charge in [-0.15, -0.1) is 0 Å². The number of methoxy groups -OCH3 is 1. The molecule has 1 N–H and O–H groups in total. The summed E-state index contributed by atoms with van der Waals surface area (Å²) in [7, 11) is 1.63. The lowest BCUT2D eigenvalue weighted by Crippen LogP contribution is -2.26. The number of amides is 1. The van der Waals surface area contributed by atoms with Crippen LogP contribution in [0.5, 0.6) is 5.75 Å². The molecule has 0 aliphatic heterocycles. The molecule has 0 saturated heterocycles. The summed E-state index contributed by atoms with van der Waals surface area (Å²) in [5.41, 5.74) is 3.07. The minimum absolute atomic E-state index is 0.222. The first kappa shape index (κ1) is 24.1. The Labute approximate surface area is 203 Å². The summed E-state index contributed by atoms with van der Waals surface area (Å²) in [4.78, 5) is 23.2. The predicted molar refractivity (Wildman–Crippen MR) is 129 cm³/mol. The van der Waals surface area contributed by atoms with E-state index in [9.17, 15) is 9.18 Å². The number of carbonyl (C=O) groups excluding carboxylic acids is 1. The lowest BCUT2D eigenvalue weighted by Gasteiger charge is -2.22. The van der Waals surface area contributed by atoms with Gasteiger partial charge in [-0.2, -0.15) is 0 Å². The number of nitrogens with zero attached hydrogens (tertiary/aromatic N) is 3. The van der Waals surface area contributed by atoms with Gasteiger partial charge in [0, 0.05) is 43.5 Å². The largest absolute Gasteiger partial charge is 0.496 e. The number of oxazole rings is 1. The molecule has 180 valence electrons. The molecule has 0 spiro atoms. The molecule has 0 saturated carbocycles. The fourth-order valence-electron chi connectivity index (χ4n) is 3.71. The number of aromatic nitrogens is 2. The van der Waals surface area contributed by atoms with E-state index in [1.807, 2.05) is 42.5 Å². The number of benzene rings is 2. The molecule has 0 bridgehead atoms. The van der Waals surface area contributed by atoms with Crippen LogP contribution in [-0.4, -0.2) is 34.4 Å². The maximum Gasteiger partial charge on any atom is 0.273 e. The lowest BCUT2D eigenvalue weighted by atomic mass is 10.1. The Bertz CT molecular complexity index is 1230. The van der Waals surface area contributed by atoms with E-state index in [0.717, 1.165) is 22.6 Å². The van der Waals surface area contributed by atoms with E-state index in [2.05, 4.69) is 20.2 Å². The molecule has 0 atom stereocenters. The fraction of sp³-hybridized carbons (Fsp3) is 0.222. The van der Waals surface area contributed by atoms with Gasteiger partial charge in [0.15, 0.2) is 5.69 Å². The number of hydrogen-bond donors (Lipinski definition) is 1. The molecule has 1 amide bonds. The molecule has 0 fully saturated rings. The zero-order valence-electron chi connectivity index (χ0n) is 19.5. The number of rotatable bonds is 11. The smallest absolute Gasteiger partial charge is 0.273 e. The summed E-state index contributed by atoms with van der Waals surface area (Å²) in [6.07, 6.45) is 3.72. The lowest BCUT2D eigenvalue weighted by molar-refractivity contribution is 0.0949. The van der Waals surface area contributed by atoms with E-state index in [4.69, 9.17) is 9.15 Å². The third-order valence-electron chi connectivity index (χ3n) is 5.44. The SMILES string of the molecule is COc1ccccc1CN(Cc1ccc(F)cc1)Cc1nc(C(=O)NCCc2ccccn2)co1. The molecule has 0 aliphatic carbocycles. The summed E-state index contributed by atoms with van der Waals surface area (Å²) in [5.74, 6) is 0.607. The van der Waals surface area contributed by atoms with Crippen LogP contribution in [0, 0.1) is 5.82 Å². The third-order valence-corrected chi connectivity index (χ3v) is 5.44. The van der Waals surface area contributed by atoms with Crippen molar-refractivity contribution in [1.82, 2.24) is 20.2 Å². The topological polar surface area (TPSA) is 80.5 Å². The minimum Gasteiger partial charge on any atom is -0.496 e. The zero-order chi connectivity index (χ0) is 24.5. The van der Waals surface area contributed by atoms with Crippen molar-refractivity contribution in [2.45, 2.75) is 26.1 Å². The van der Waals surface area contributed by atoms with E-state index in [-0.39, 0.29) is 17.4 Å². The molecule has 8 heteroatoms. The highest BCUT2D eigenvalue weighted by molar-refractivity contribution is 5.91. The second kappa shape index (κ2) is 11.9. The number of hydrogen-bond acceptors (Lipinski definition) is 6. The molecule has 2 aromatic carbocycles. The Morgan fingerprint density at radius 1 is 1.03 bits per heavy atom. The van der Waals surface area contributed by atoms with Gasteiger partial charge in [0.2, 0.25) is 5.89 Å². The molecule has 0 aliphatic rings. The number of carbonyl (C=O) groups is 1. The van der Waals surface area contributed by atoms with Crippen molar-refractivity contribution < 1.29 is 18.3 Å². The average molecular weight is 475 g/mol. The Kier molecular flexibility index (Phi) is 8.19. The van der Waals surface area contributed by atoms with Gasteiger partial charge in [-0.25, -0.2) is 9.37 Å². The zero-order valence-corrected chi connectivity index (χ0v) is 19.5. The predicted octanol–water partition coefficient (Wildman–Crippen LogP) is 4.39. The molecule has 35 heavy (non-hydrogen) atoms. The van der Waals surface area contributed by atoms with Gasteiger partial charge in [0.25, 0.3) is 5.91 Å². The molecule has 2 aromatic heterocycles. The van der Waals surface area contributed by atoms with Gasteiger partial charge in [-0.3, -0.25) is 14.7 Å². The van der Waals surface area contributed by atoms with Gasteiger partial charge < -0.3 is 14.5 Å². The normalized spacial score (nSPS) is 10.9. The first-order chi connectivity index (χ1) is 17.1. The maximum atomic E-state index is 13.4. The van der Waals surface area contributed by atoms with E-state index >= 15 is 0 Å². The quantitative estimate of drug-likeness (QED) is 0.347.